The Morgan fingerprint density at radius 3 is 2.76 bits per heavy atom. The van der Waals surface area contributed by atoms with Crippen LogP contribution in [0.3, 0.4) is 0 Å². The minimum absolute atomic E-state index is 0.00780. The van der Waals surface area contributed by atoms with Crippen LogP contribution in [0.25, 0.3) is 0 Å². The number of rotatable bonds is 5. The highest BCUT2D eigenvalue weighted by Gasteiger charge is 2.08. The maximum absolute atomic E-state index is 11.9. The zero-order valence-electron chi connectivity index (χ0n) is 10.7. The van der Waals surface area contributed by atoms with E-state index in [0.29, 0.717) is 6.54 Å². The first-order valence-corrected chi connectivity index (χ1v) is 6.44. The summed E-state index contributed by atoms with van der Waals surface area (Å²) in [7, 11) is 0. The largest absolute Gasteiger partial charge is 0.352 e. The Hall–Kier alpha value is -1.02. The van der Waals surface area contributed by atoms with Gasteiger partial charge in [-0.1, -0.05) is 17.7 Å². The molecule has 0 saturated carbocycles. The molecule has 0 aliphatic heterocycles. The summed E-state index contributed by atoms with van der Waals surface area (Å²) in [5.74, 6) is 0.00780. The highest BCUT2D eigenvalue weighted by atomic mass is 35.5. The van der Waals surface area contributed by atoms with Crippen LogP contribution in [0, 0.1) is 13.8 Å². The van der Waals surface area contributed by atoms with Crippen molar-refractivity contribution in [1.29, 1.82) is 0 Å². The molecule has 1 N–H and O–H groups in total. The van der Waals surface area contributed by atoms with Crippen LogP contribution in [-0.2, 0) is 0 Å². The second-order valence-electron chi connectivity index (χ2n) is 4.50. The lowest BCUT2D eigenvalue weighted by atomic mass is 10.1. The van der Waals surface area contributed by atoms with Gasteiger partial charge >= 0.3 is 0 Å². The van der Waals surface area contributed by atoms with E-state index in [1.54, 1.807) is 0 Å². The molecule has 1 aromatic carbocycles. The monoisotopic (exact) mass is 253 g/mol. The predicted octanol–water partition coefficient (Wildman–Crippen LogP) is 3.44. The van der Waals surface area contributed by atoms with Crippen molar-refractivity contribution in [1.82, 2.24) is 5.32 Å². The quantitative estimate of drug-likeness (QED) is 0.632. The Morgan fingerprint density at radius 1 is 1.41 bits per heavy atom. The fourth-order valence-corrected chi connectivity index (χ4v) is 1.82. The first kappa shape index (κ1) is 14.0. The topological polar surface area (TPSA) is 29.1 Å². The molecule has 2 nitrogen and oxygen atoms in total. The number of benzene rings is 1. The van der Waals surface area contributed by atoms with E-state index in [9.17, 15) is 4.79 Å². The molecule has 0 saturated heterocycles. The smallest absolute Gasteiger partial charge is 0.251 e. The van der Waals surface area contributed by atoms with Gasteiger partial charge in [-0.15, -0.1) is 11.6 Å². The van der Waals surface area contributed by atoms with Crippen molar-refractivity contribution < 1.29 is 4.79 Å². The molecule has 0 bridgehead atoms. The average Bonchev–Trinajstić information content (AvgIpc) is 2.27. The maximum Gasteiger partial charge on any atom is 0.251 e. The van der Waals surface area contributed by atoms with E-state index in [0.717, 1.165) is 29.5 Å². The van der Waals surface area contributed by atoms with E-state index in [-0.39, 0.29) is 11.3 Å². The summed E-state index contributed by atoms with van der Waals surface area (Å²) in [6.07, 6.45) is 1.84. The van der Waals surface area contributed by atoms with Crippen molar-refractivity contribution in [3.8, 4) is 0 Å². The van der Waals surface area contributed by atoms with E-state index in [2.05, 4.69) is 5.32 Å². The van der Waals surface area contributed by atoms with Crippen LogP contribution >= 0.6 is 11.6 Å². The molecular formula is C14H20ClNO. The number of hydrogen-bond acceptors (Lipinski definition) is 1. The van der Waals surface area contributed by atoms with Gasteiger partial charge in [-0.25, -0.2) is 0 Å². The lowest BCUT2D eigenvalue weighted by Crippen LogP contribution is -2.25. The number of halogens is 1. The number of nitrogens with one attached hydrogen (secondary N) is 1. The third kappa shape index (κ3) is 4.78. The van der Waals surface area contributed by atoms with Crippen LogP contribution in [0.4, 0.5) is 0 Å². The number of alkyl halides is 1. The Kier molecular flexibility index (Phi) is 5.49. The number of hydrogen-bond donors (Lipinski definition) is 1. The number of amides is 1. The molecule has 1 atom stereocenters. The van der Waals surface area contributed by atoms with Gasteiger partial charge in [0, 0.05) is 17.5 Å². The second kappa shape index (κ2) is 6.65. The lowest BCUT2D eigenvalue weighted by molar-refractivity contribution is 0.0952. The van der Waals surface area contributed by atoms with Gasteiger partial charge in [0.1, 0.15) is 0 Å². The highest BCUT2D eigenvalue weighted by molar-refractivity contribution is 6.20. The minimum Gasteiger partial charge on any atom is -0.352 e. The molecule has 0 aromatic heterocycles. The molecule has 0 radical (unpaired) electrons. The van der Waals surface area contributed by atoms with Gasteiger partial charge in [0.25, 0.3) is 5.91 Å². The molecule has 1 unspecified atom stereocenters. The summed E-state index contributed by atoms with van der Waals surface area (Å²) in [5, 5.41) is 3.10. The van der Waals surface area contributed by atoms with E-state index in [1.165, 1.54) is 0 Å². The summed E-state index contributed by atoms with van der Waals surface area (Å²) in [5.41, 5.74) is 2.89. The Labute approximate surface area is 108 Å². The molecule has 94 valence electrons. The van der Waals surface area contributed by atoms with Crippen molar-refractivity contribution in [2.24, 2.45) is 0 Å². The van der Waals surface area contributed by atoms with Crippen molar-refractivity contribution in [3.63, 3.8) is 0 Å². The summed E-state index contributed by atoms with van der Waals surface area (Å²) >= 11 is 5.84. The first-order chi connectivity index (χ1) is 8.00. The van der Waals surface area contributed by atoms with Crippen molar-refractivity contribution >= 4 is 17.5 Å². The van der Waals surface area contributed by atoms with Gasteiger partial charge in [-0.05, 0) is 45.2 Å². The minimum atomic E-state index is 0.00780. The van der Waals surface area contributed by atoms with Gasteiger partial charge in [-0.2, -0.15) is 0 Å². The second-order valence-corrected chi connectivity index (χ2v) is 5.24. The number of carbonyl (C=O) groups is 1. The molecular weight excluding hydrogens is 234 g/mol. The molecule has 0 fully saturated rings. The van der Waals surface area contributed by atoms with Gasteiger partial charge in [0.15, 0.2) is 0 Å². The summed E-state index contributed by atoms with van der Waals surface area (Å²) < 4.78 is 0. The Bertz CT molecular complexity index is 388. The lowest BCUT2D eigenvalue weighted by Gasteiger charge is -2.09. The van der Waals surface area contributed by atoms with Crippen LogP contribution in [0.1, 0.15) is 41.3 Å². The van der Waals surface area contributed by atoms with Crippen LogP contribution < -0.4 is 5.32 Å². The standard InChI is InChI=1S/C14H20ClNO/c1-10-6-7-11(2)13(9-10)14(17)16-8-4-5-12(3)15/h6-7,9,12H,4-5,8H2,1-3H3,(H,16,17). The Balaban J connectivity index is 2.49. The third-order valence-corrected chi connectivity index (χ3v) is 2.92. The van der Waals surface area contributed by atoms with Crippen molar-refractivity contribution in [3.05, 3.63) is 34.9 Å². The van der Waals surface area contributed by atoms with Gasteiger partial charge < -0.3 is 5.32 Å². The van der Waals surface area contributed by atoms with Gasteiger partial charge in [0.05, 0.1) is 0 Å². The summed E-state index contributed by atoms with van der Waals surface area (Å²) in [4.78, 5) is 11.9. The highest BCUT2D eigenvalue weighted by Crippen LogP contribution is 2.10. The molecule has 17 heavy (non-hydrogen) atoms. The van der Waals surface area contributed by atoms with E-state index >= 15 is 0 Å². The molecule has 0 aliphatic rings. The van der Waals surface area contributed by atoms with Gasteiger partial charge in [-0.3, -0.25) is 4.79 Å². The molecule has 1 rings (SSSR count). The van der Waals surface area contributed by atoms with Crippen LogP contribution in [0.5, 0.6) is 0 Å². The fraction of sp³-hybridized carbons (Fsp3) is 0.500. The summed E-state index contributed by atoms with van der Waals surface area (Å²) in [6.45, 7) is 6.60. The van der Waals surface area contributed by atoms with Crippen molar-refractivity contribution in [2.75, 3.05) is 6.54 Å². The number of aryl methyl sites for hydroxylation is 2. The SMILES string of the molecule is Cc1ccc(C)c(C(=O)NCCCC(C)Cl)c1. The summed E-state index contributed by atoms with van der Waals surface area (Å²) in [6, 6.07) is 5.92. The molecule has 0 heterocycles. The molecule has 1 aromatic rings. The van der Waals surface area contributed by atoms with Gasteiger partial charge in [0.2, 0.25) is 0 Å². The maximum atomic E-state index is 11.9. The zero-order chi connectivity index (χ0) is 12.8. The van der Waals surface area contributed by atoms with Crippen LogP contribution in [0.15, 0.2) is 18.2 Å². The first-order valence-electron chi connectivity index (χ1n) is 6.00. The molecule has 1 amide bonds. The zero-order valence-corrected chi connectivity index (χ0v) is 11.5. The Morgan fingerprint density at radius 2 is 2.12 bits per heavy atom. The fourth-order valence-electron chi connectivity index (χ4n) is 1.66. The number of carbonyl (C=O) groups excluding carboxylic acids is 1. The average molecular weight is 254 g/mol. The van der Waals surface area contributed by atoms with Crippen molar-refractivity contribution in [2.45, 2.75) is 39.0 Å². The molecule has 3 heteroatoms. The normalized spacial score (nSPS) is 12.2. The molecule has 0 spiro atoms. The van der Waals surface area contributed by atoms with Crippen LogP contribution in [-0.4, -0.2) is 17.8 Å². The van der Waals surface area contributed by atoms with Crippen LogP contribution in [0.2, 0.25) is 0 Å². The van der Waals surface area contributed by atoms with E-state index < -0.39 is 0 Å². The predicted molar refractivity (Wildman–Crippen MR) is 72.8 cm³/mol. The third-order valence-electron chi connectivity index (χ3n) is 2.70. The van der Waals surface area contributed by atoms with E-state index in [1.807, 2.05) is 39.0 Å². The molecule has 0 aliphatic carbocycles. The van der Waals surface area contributed by atoms with E-state index in [4.69, 9.17) is 11.6 Å².